The molecule has 35 heavy (non-hydrogen) atoms. The van der Waals surface area contributed by atoms with Gasteiger partial charge in [0.05, 0.1) is 12.6 Å². The lowest BCUT2D eigenvalue weighted by atomic mass is 9.93. The van der Waals surface area contributed by atoms with Crippen LogP contribution in [0.2, 0.25) is 5.02 Å². The monoisotopic (exact) mass is 507 g/mol. The fourth-order valence-corrected chi connectivity index (χ4v) is 6.10. The van der Waals surface area contributed by atoms with Crippen molar-refractivity contribution in [3.8, 4) is 0 Å². The molecule has 182 valence electrons. The second-order valence-electron chi connectivity index (χ2n) is 9.20. The molecule has 7 heteroatoms. The predicted molar refractivity (Wildman–Crippen MR) is 141 cm³/mol. The van der Waals surface area contributed by atoms with Gasteiger partial charge in [0.2, 0.25) is 5.91 Å². The molecule has 2 aliphatic rings. The SMILES string of the molecule is CCc1ccc(C(=O)N2CCN(C(=O)CN3CCc4sccc4C3c3ccc(Cl)cc3)CC2)cc1. The quantitative estimate of drug-likeness (QED) is 0.493. The molecule has 0 radical (unpaired) electrons. The summed E-state index contributed by atoms with van der Waals surface area (Å²) in [6.45, 7) is 5.59. The van der Waals surface area contributed by atoms with Gasteiger partial charge in [-0.1, -0.05) is 42.8 Å². The second-order valence-corrected chi connectivity index (χ2v) is 10.6. The van der Waals surface area contributed by atoms with Gasteiger partial charge in [-0.15, -0.1) is 11.3 Å². The molecule has 5 rings (SSSR count). The smallest absolute Gasteiger partial charge is 0.253 e. The molecule has 2 aliphatic heterocycles. The average molecular weight is 508 g/mol. The lowest BCUT2D eigenvalue weighted by Crippen LogP contribution is -2.53. The number of halogens is 1. The van der Waals surface area contributed by atoms with Gasteiger partial charge in [-0.3, -0.25) is 14.5 Å². The van der Waals surface area contributed by atoms with Gasteiger partial charge in [0, 0.05) is 48.2 Å². The third-order valence-electron chi connectivity index (χ3n) is 7.12. The molecule has 5 nitrogen and oxygen atoms in total. The van der Waals surface area contributed by atoms with E-state index in [1.807, 2.05) is 46.2 Å². The zero-order valence-corrected chi connectivity index (χ0v) is 21.5. The maximum atomic E-state index is 13.3. The van der Waals surface area contributed by atoms with E-state index >= 15 is 0 Å². The van der Waals surface area contributed by atoms with Crippen LogP contribution in [0, 0.1) is 0 Å². The van der Waals surface area contributed by atoms with Gasteiger partial charge in [-0.25, -0.2) is 0 Å². The third kappa shape index (κ3) is 5.15. The highest BCUT2D eigenvalue weighted by Crippen LogP contribution is 2.38. The Morgan fingerprint density at radius 2 is 1.60 bits per heavy atom. The van der Waals surface area contributed by atoms with Crippen LogP contribution in [0.3, 0.4) is 0 Å². The van der Waals surface area contributed by atoms with Gasteiger partial charge in [-0.05, 0) is 65.2 Å². The topological polar surface area (TPSA) is 43.9 Å². The van der Waals surface area contributed by atoms with Crippen LogP contribution in [-0.4, -0.2) is 65.8 Å². The molecule has 0 saturated carbocycles. The highest BCUT2D eigenvalue weighted by atomic mass is 35.5. The summed E-state index contributed by atoms with van der Waals surface area (Å²) in [5.41, 5.74) is 4.39. The highest BCUT2D eigenvalue weighted by Gasteiger charge is 2.33. The minimum absolute atomic E-state index is 0.0450. The molecule has 3 aromatic rings. The number of nitrogens with zero attached hydrogens (tertiary/aromatic N) is 3. The molecule has 2 amide bonds. The molecule has 3 heterocycles. The molecule has 1 aromatic heterocycles. The Morgan fingerprint density at radius 1 is 0.914 bits per heavy atom. The fourth-order valence-electron chi connectivity index (χ4n) is 5.07. The van der Waals surface area contributed by atoms with Gasteiger partial charge >= 0.3 is 0 Å². The lowest BCUT2D eigenvalue weighted by molar-refractivity contribution is -0.134. The van der Waals surface area contributed by atoms with Crippen molar-refractivity contribution in [2.45, 2.75) is 25.8 Å². The predicted octanol–water partition coefficient (Wildman–Crippen LogP) is 4.90. The van der Waals surface area contributed by atoms with E-state index in [0.717, 1.165) is 24.9 Å². The summed E-state index contributed by atoms with van der Waals surface area (Å²) in [6.07, 6.45) is 1.92. The normalized spacial score (nSPS) is 18.4. The summed E-state index contributed by atoms with van der Waals surface area (Å²) in [7, 11) is 0. The van der Waals surface area contributed by atoms with Crippen LogP contribution < -0.4 is 0 Å². The molecule has 2 aromatic carbocycles. The number of rotatable bonds is 5. The van der Waals surface area contributed by atoms with Gasteiger partial charge in [0.25, 0.3) is 5.91 Å². The van der Waals surface area contributed by atoms with Crippen LogP contribution >= 0.6 is 22.9 Å². The van der Waals surface area contributed by atoms with Gasteiger partial charge in [-0.2, -0.15) is 0 Å². The number of carbonyl (C=O) groups is 2. The third-order valence-corrected chi connectivity index (χ3v) is 8.37. The van der Waals surface area contributed by atoms with Crippen molar-refractivity contribution in [1.29, 1.82) is 0 Å². The van der Waals surface area contributed by atoms with Crippen molar-refractivity contribution >= 4 is 34.8 Å². The molecule has 0 bridgehead atoms. The maximum absolute atomic E-state index is 13.3. The summed E-state index contributed by atoms with van der Waals surface area (Å²) in [5.74, 6) is 0.172. The zero-order chi connectivity index (χ0) is 24.4. The minimum Gasteiger partial charge on any atom is -0.338 e. The lowest BCUT2D eigenvalue weighted by Gasteiger charge is -2.39. The van der Waals surface area contributed by atoms with E-state index in [2.05, 4.69) is 35.4 Å². The van der Waals surface area contributed by atoms with Crippen LogP contribution in [0.1, 0.15) is 44.9 Å². The molecule has 1 fully saturated rings. The van der Waals surface area contributed by atoms with Crippen LogP contribution in [0.5, 0.6) is 0 Å². The Bertz CT molecular complexity index is 1180. The van der Waals surface area contributed by atoms with Crippen molar-refractivity contribution in [1.82, 2.24) is 14.7 Å². The summed E-state index contributed by atoms with van der Waals surface area (Å²) in [5, 5.41) is 2.86. The van der Waals surface area contributed by atoms with E-state index in [4.69, 9.17) is 11.6 Å². The summed E-state index contributed by atoms with van der Waals surface area (Å²) in [6, 6.07) is 18.1. The summed E-state index contributed by atoms with van der Waals surface area (Å²) < 4.78 is 0. The van der Waals surface area contributed by atoms with Crippen LogP contribution in [0.25, 0.3) is 0 Å². The zero-order valence-electron chi connectivity index (χ0n) is 20.0. The van der Waals surface area contributed by atoms with Gasteiger partial charge < -0.3 is 9.80 Å². The summed E-state index contributed by atoms with van der Waals surface area (Å²) >= 11 is 7.93. The van der Waals surface area contributed by atoms with Crippen molar-refractivity contribution in [2.24, 2.45) is 0 Å². The molecule has 0 spiro atoms. The van der Waals surface area contributed by atoms with E-state index in [9.17, 15) is 9.59 Å². The first kappa shape index (κ1) is 24.0. The number of hydrogen-bond acceptors (Lipinski definition) is 4. The Kier molecular flexibility index (Phi) is 7.23. The van der Waals surface area contributed by atoms with E-state index in [-0.39, 0.29) is 17.9 Å². The number of piperazine rings is 1. The number of amides is 2. The average Bonchev–Trinajstić information content (AvgIpc) is 3.38. The van der Waals surface area contributed by atoms with Crippen LogP contribution in [0.4, 0.5) is 0 Å². The second kappa shape index (κ2) is 10.5. The Hall–Kier alpha value is -2.67. The Labute approximate surface area is 215 Å². The standard InChI is InChI=1S/C28H30ClN3O2S/c1-2-20-3-5-22(6-4-20)28(34)31-16-14-30(15-17-31)26(33)19-32-13-11-25-24(12-18-35-25)27(32)21-7-9-23(29)10-8-21/h3-10,12,18,27H,2,11,13-17,19H2,1H3. The molecular weight excluding hydrogens is 478 g/mol. The number of carbonyl (C=O) groups excluding carboxylic acids is 2. The Balaban J connectivity index is 1.23. The van der Waals surface area contributed by atoms with Gasteiger partial charge in [0.15, 0.2) is 0 Å². The fraction of sp³-hybridized carbons (Fsp3) is 0.357. The first-order valence-corrected chi connectivity index (χ1v) is 13.5. The summed E-state index contributed by atoms with van der Waals surface area (Å²) in [4.78, 5) is 33.7. The van der Waals surface area contributed by atoms with E-state index < -0.39 is 0 Å². The van der Waals surface area contributed by atoms with Crippen molar-refractivity contribution in [3.05, 3.63) is 92.1 Å². The first-order chi connectivity index (χ1) is 17.0. The minimum atomic E-state index is 0.0450. The van der Waals surface area contributed by atoms with Crippen LogP contribution in [0.15, 0.2) is 60.0 Å². The number of aryl methyl sites for hydroxylation is 1. The number of benzene rings is 2. The van der Waals surface area contributed by atoms with Crippen LogP contribution in [-0.2, 0) is 17.6 Å². The molecular formula is C28H30ClN3O2S. The van der Waals surface area contributed by atoms with E-state index in [1.54, 1.807) is 11.3 Å². The van der Waals surface area contributed by atoms with Crippen molar-refractivity contribution in [3.63, 3.8) is 0 Å². The molecule has 0 N–H and O–H groups in total. The van der Waals surface area contributed by atoms with E-state index in [1.165, 1.54) is 16.0 Å². The molecule has 0 aliphatic carbocycles. The number of hydrogen-bond donors (Lipinski definition) is 0. The van der Waals surface area contributed by atoms with Crippen molar-refractivity contribution in [2.75, 3.05) is 39.3 Å². The molecule has 1 saturated heterocycles. The molecule has 1 atom stereocenters. The van der Waals surface area contributed by atoms with Gasteiger partial charge in [0.1, 0.15) is 0 Å². The first-order valence-electron chi connectivity index (χ1n) is 12.2. The van der Waals surface area contributed by atoms with Crippen molar-refractivity contribution < 1.29 is 9.59 Å². The highest BCUT2D eigenvalue weighted by molar-refractivity contribution is 7.10. The van der Waals surface area contributed by atoms with E-state index in [0.29, 0.717) is 43.3 Å². The largest absolute Gasteiger partial charge is 0.338 e. The Morgan fingerprint density at radius 3 is 2.29 bits per heavy atom. The molecule has 1 unspecified atom stereocenters. The maximum Gasteiger partial charge on any atom is 0.253 e. The number of thiophene rings is 1. The number of fused-ring (bicyclic) bond motifs is 1.